The molecular formula is C20H24N2O2. The van der Waals surface area contributed by atoms with Gasteiger partial charge in [0.2, 0.25) is 0 Å². The third kappa shape index (κ3) is 4.95. The predicted molar refractivity (Wildman–Crippen MR) is 98.1 cm³/mol. The van der Waals surface area contributed by atoms with E-state index < -0.39 is 0 Å². The van der Waals surface area contributed by atoms with Crippen LogP contribution in [0.5, 0.6) is 0 Å². The largest absolute Gasteiger partial charge is 0.335 e. The lowest BCUT2D eigenvalue weighted by Crippen LogP contribution is -2.35. The number of aromatic nitrogens is 1. The summed E-state index contributed by atoms with van der Waals surface area (Å²) in [6, 6.07) is 13.3. The van der Waals surface area contributed by atoms with E-state index in [4.69, 9.17) is 0 Å². The Labute approximate surface area is 142 Å². The van der Waals surface area contributed by atoms with Crippen LogP contribution in [0.15, 0.2) is 53.3 Å². The molecular weight excluding hydrogens is 300 g/mol. The van der Waals surface area contributed by atoms with Gasteiger partial charge in [0, 0.05) is 18.8 Å². The van der Waals surface area contributed by atoms with Gasteiger partial charge in [0.15, 0.2) is 0 Å². The normalized spacial score (nSPS) is 10.9. The van der Waals surface area contributed by atoms with Crippen molar-refractivity contribution in [2.45, 2.75) is 26.7 Å². The van der Waals surface area contributed by atoms with Crippen molar-refractivity contribution >= 4 is 12.0 Å². The Morgan fingerprint density at radius 1 is 1.17 bits per heavy atom. The number of pyridine rings is 1. The number of aryl methyl sites for hydroxylation is 1. The summed E-state index contributed by atoms with van der Waals surface area (Å²) in [6.07, 6.45) is 5.86. The molecule has 2 aromatic rings. The quantitative estimate of drug-likeness (QED) is 0.845. The molecule has 0 atom stereocenters. The van der Waals surface area contributed by atoms with E-state index in [0.717, 1.165) is 24.1 Å². The summed E-state index contributed by atoms with van der Waals surface area (Å²) in [7, 11) is 0. The van der Waals surface area contributed by atoms with Crippen LogP contribution in [-0.4, -0.2) is 28.9 Å². The Morgan fingerprint density at radius 2 is 1.92 bits per heavy atom. The van der Waals surface area contributed by atoms with Gasteiger partial charge in [-0.3, -0.25) is 9.59 Å². The van der Waals surface area contributed by atoms with Crippen LogP contribution in [0.25, 0.3) is 6.08 Å². The highest BCUT2D eigenvalue weighted by Gasteiger charge is 2.17. The molecule has 0 radical (unpaired) electrons. The van der Waals surface area contributed by atoms with Crippen LogP contribution >= 0.6 is 0 Å². The molecule has 126 valence electrons. The van der Waals surface area contributed by atoms with Gasteiger partial charge in [-0.2, -0.15) is 0 Å². The Bertz CT molecular complexity index is 748. The topological polar surface area (TPSA) is 53.2 Å². The average molecular weight is 324 g/mol. The van der Waals surface area contributed by atoms with Crippen LogP contribution in [0.2, 0.25) is 0 Å². The summed E-state index contributed by atoms with van der Waals surface area (Å²) in [5.74, 6) is -0.220. The molecule has 2 rings (SSSR count). The maximum absolute atomic E-state index is 12.7. The molecule has 0 aliphatic carbocycles. The third-order valence-electron chi connectivity index (χ3n) is 3.79. The fraction of sp³-hybridized carbons (Fsp3) is 0.300. The molecule has 24 heavy (non-hydrogen) atoms. The van der Waals surface area contributed by atoms with Gasteiger partial charge in [0.1, 0.15) is 5.56 Å². The van der Waals surface area contributed by atoms with Gasteiger partial charge < -0.3 is 9.88 Å². The first-order chi connectivity index (χ1) is 11.6. The number of rotatable bonds is 7. The number of benzene rings is 1. The Morgan fingerprint density at radius 3 is 2.58 bits per heavy atom. The number of hydrogen-bond donors (Lipinski definition) is 1. The number of carbonyl (C=O) groups excluding carboxylic acids is 1. The predicted octanol–water partition coefficient (Wildman–Crippen LogP) is 3.64. The smallest absolute Gasteiger partial charge is 0.260 e. The number of nitrogens with one attached hydrogen (secondary N) is 1. The minimum absolute atomic E-state index is 0.199. The monoisotopic (exact) mass is 324 g/mol. The number of hydrogen-bond acceptors (Lipinski definition) is 2. The molecule has 0 bridgehead atoms. The van der Waals surface area contributed by atoms with E-state index >= 15 is 0 Å². The Kier molecular flexibility index (Phi) is 6.55. The first-order valence-corrected chi connectivity index (χ1v) is 8.32. The molecule has 0 aliphatic heterocycles. The van der Waals surface area contributed by atoms with Crippen molar-refractivity contribution in [1.82, 2.24) is 9.88 Å². The zero-order chi connectivity index (χ0) is 17.4. The van der Waals surface area contributed by atoms with Crippen LogP contribution in [0.3, 0.4) is 0 Å². The molecule has 4 nitrogen and oxygen atoms in total. The molecule has 1 aromatic heterocycles. The van der Waals surface area contributed by atoms with E-state index in [2.05, 4.69) is 11.9 Å². The summed E-state index contributed by atoms with van der Waals surface area (Å²) in [4.78, 5) is 29.1. The van der Waals surface area contributed by atoms with E-state index in [1.54, 1.807) is 24.0 Å². The van der Waals surface area contributed by atoms with E-state index in [-0.39, 0.29) is 17.0 Å². The maximum atomic E-state index is 12.7. The van der Waals surface area contributed by atoms with Crippen molar-refractivity contribution in [1.29, 1.82) is 0 Å². The minimum atomic E-state index is -0.325. The zero-order valence-electron chi connectivity index (χ0n) is 14.3. The van der Waals surface area contributed by atoms with Gasteiger partial charge in [-0.1, -0.05) is 55.8 Å². The highest BCUT2D eigenvalue weighted by Crippen LogP contribution is 2.06. The Hall–Kier alpha value is -2.62. The molecule has 0 spiro atoms. The van der Waals surface area contributed by atoms with Gasteiger partial charge in [-0.05, 0) is 31.0 Å². The van der Waals surface area contributed by atoms with Crippen molar-refractivity contribution in [3.63, 3.8) is 0 Å². The van der Waals surface area contributed by atoms with E-state index in [9.17, 15) is 9.59 Å². The molecule has 0 saturated carbocycles. The summed E-state index contributed by atoms with van der Waals surface area (Å²) < 4.78 is 0. The van der Waals surface area contributed by atoms with Crippen LogP contribution in [0.4, 0.5) is 0 Å². The standard InChI is InChI=1S/C20H24N2O2/c1-3-4-14-22(15-8-11-17-9-6-5-7-10-17)20(24)18-13-12-16(2)21-19(18)23/h5-13H,3-4,14-15H2,1-2H3,(H,21,23)/b11-8+. The number of nitrogens with zero attached hydrogens (tertiary/aromatic N) is 1. The molecule has 1 N–H and O–H groups in total. The first kappa shape index (κ1) is 17.7. The lowest BCUT2D eigenvalue weighted by molar-refractivity contribution is 0.0770. The lowest BCUT2D eigenvalue weighted by Gasteiger charge is -2.20. The zero-order valence-corrected chi connectivity index (χ0v) is 14.3. The van der Waals surface area contributed by atoms with E-state index in [1.807, 2.05) is 42.5 Å². The van der Waals surface area contributed by atoms with Crippen molar-refractivity contribution in [2.75, 3.05) is 13.1 Å². The first-order valence-electron chi connectivity index (χ1n) is 8.32. The van der Waals surface area contributed by atoms with Crippen molar-refractivity contribution < 1.29 is 4.79 Å². The minimum Gasteiger partial charge on any atom is -0.335 e. The number of carbonyl (C=O) groups is 1. The second kappa shape index (κ2) is 8.87. The molecule has 1 amide bonds. The van der Waals surface area contributed by atoms with Crippen LogP contribution in [0, 0.1) is 6.92 Å². The highest BCUT2D eigenvalue weighted by atomic mass is 16.2. The summed E-state index contributed by atoms with van der Waals surface area (Å²) in [5.41, 5.74) is 1.72. The number of H-pyrrole nitrogens is 1. The molecule has 0 fully saturated rings. The molecule has 0 saturated heterocycles. The van der Waals surface area contributed by atoms with Crippen molar-refractivity contribution in [3.8, 4) is 0 Å². The highest BCUT2D eigenvalue weighted by molar-refractivity contribution is 5.94. The molecule has 1 aromatic carbocycles. The van der Waals surface area contributed by atoms with Gasteiger partial charge in [0.05, 0.1) is 0 Å². The molecule has 4 heteroatoms. The van der Waals surface area contributed by atoms with Gasteiger partial charge in [-0.25, -0.2) is 0 Å². The third-order valence-corrected chi connectivity index (χ3v) is 3.79. The molecule has 0 unspecified atom stereocenters. The molecule has 1 heterocycles. The van der Waals surface area contributed by atoms with Gasteiger partial charge in [0.25, 0.3) is 11.5 Å². The molecule has 0 aliphatic rings. The average Bonchev–Trinajstić information content (AvgIpc) is 2.58. The number of amides is 1. The Balaban J connectivity index is 2.13. The second-order valence-electron chi connectivity index (χ2n) is 5.80. The van der Waals surface area contributed by atoms with Crippen molar-refractivity contribution in [3.05, 3.63) is 75.7 Å². The fourth-order valence-electron chi connectivity index (χ4n) is 2.42. The maximum Gasteiger partial charge on any atom is 0.260 e. The second-order valence-corrected chi connectivity index (χ2v) is 5.80. The number of aromatic amines is 1. The lowest BCUT2D eigenvalue weighted by atomic mass is 10.2. The fourth-order valence-corrected chi connectivity index (χ4v) is 2.42. The number of unbranched alkanes of at least 4 members (excludes halogenated alkanes) is 1. The van der Waals surface area contributed by atoms with E-state index in [0.29, 0.717) is 13.1 Å². The van der Waals surface area contributed by atoms with Crippen molar-refractivity contribution in [2.24, 2.45) is 0 Å². The van der Waals surface area contributed by atoms with Gasteiger partial charge >= 0.3 is 0 Å². The van der Waals surface area contributed by atoms with Crippen LogP contribution < -0.4 is 5.56 Å². The van der Waals surface area contributed by atoms with E-state index in [1.165, 1.54) is 0 Å². The van der Waals surface area contributed by atoms with Crippen LogP contribution in [-0.2, 0) is 0 Å². The van der Waals surface area contributed by atoms with Gasteiger partial charge in [-0.15, -0.1) is 0 Å². The van der Waals surface area contributed by atoms with Crippen LogP contribution in [0.1, 0.15) is 41.4 Å². The SMILES string of the molecule is CCCCN(C/C=C/c1ccccc1)C(=O)c1ccc(C)[nH]c1=O. The summed E-state index contributed by atoms with van der Waals surface area (Å²) in [5, 5.41) is 0. The summed E-state index contributed by atoms with van der Waals surface area (Å²) in [6.45, 7) is 5.01. The summed E-state index contributed by atoms with van der Waals surface area (Å²) >= 11 is 0.